The highest BCUT2D eigenvalue weighted by Gasteiger charge is 1.98. The lowest BCUT2D eigenvalue weighted by Gasteiger charge is -2.01. The summed E-state index contributed by atoms with van der Waals surface area (Å²) in [6.07, 6.45) is 0. The van der Waals surface area contributed by atoms with Gasteiger partial charge < -0.3 is 15.6 Å². The van der Waals surface area contributed by atoms with E-state index in [1.807, 2.05) is 5.92 Å². The summed E-state index contributed by atoms with van der Waals surface area (Å²) in [6.45, 7) is 0. The van der Waals surface area contributed by atoms with Crippen molar-refractivity contribution >= 4 is 11.7 Å². The summed E-state index contributed by atoms with van der Waals surface area (Å²) in [6, 6.07) is 4.87. The molecule has 0 bridgehead atoms. The van der Waals surface area contributed by atoms with E-state index in [-0.39, 0.29) is 0 Å². The third-order valence-electron chi connectivity index (χ3n) is 1.56. The van der Waals surface area contributed by atoms with Gasteiger partial charge in [0.25, 0.3) is 0 Å². The maximum atomic E-state index is 10.2. The third-order valence-corrected chi connectivity index (χ3v) is 1.56. The molecule has 0 atom stereocenters. The van der Waals surface area contributed by atoms with Crippen molar-refractivity contribution in [1.29, 1.82) is 0 Å². The van der Waals surface area contributed by atoms with Gasteiger partial charge in [-0.05, 0) is 12.1 Å². The lowest BCUT2D eigenvalue weighted by molar-refractivity contribution is -0.130. The second-order valence-electron chi connectivity index (χ2n) is 2.51. The molecule has 4 nitrogen and oxygen atoms in total. The number of carboxylic acid groups (broad SMARTS) is 1. The molecule has 0 heterocycles. The average molecular weight is 191 g/mol. The third kappa shape index (κ3) is 2.42. The van der Waals surface area contributed by atoms with Crippen LogP contribution in [0.25, 0.3) is 0 Å². The molecule has 0 aliphatic rings. The molecule has 1 aromatic carbocycles. The van der Waals surface area contributed by atoms with Gasteiger partial charge in [0.1, 0.15) is 5.75 Å². The second kappa shape index (κ2) is 4.19. The van der Waals surface area contributed by atoms with E-state index in [1.54, 1.807) is 18.2 Å². The zero-order chi connectivity index (χ0) is 10.6. The van der Waals surface area contributed by atoms with Crippen molar-refractivity contribution in [2.45, 2.75) is 0 Å². The number of anilines is 1. The Kier molecular flexibility index (Phi) is 2.97. The Balaban J connectivity index is 3.02. The Morgan fingerprint density at radius 2 is 2.29 bits per heavy atom. The molecule has 0 saturated carbocycles. The predicted octanol–water partition coefficient (Wildman–Crippen LogP) is 0.714. The average Bonchev–Trinajstić information content (AvgIpc) is 2.15. The quantitative estimate of drug-likeness (QED) is 0.506. The molecule has 4 heteroatoms. The van der Waals surface area contributed by atoms with Crippen molar-refractivity contribution in [3.05, 3.63) is 23.8 Å². The number of ether oxygens (including phenoxy) is 1. The van der Waals surface area contributed by atoms with Gasteiger partial charge in [-0.1, -0.05) is 5.92 Å². The number of rotatable bonds is 1. The maximum absolute atomic E-state index is 10.2. The number of nitrogens with two attached hydrogens (primary N) is 1. The van der Waals surface area contributed by atoms with E-state index < -0.39 is 5.97 Å². The highest BCUT2D eigenvalue weighted by Crippen LogP contribution is 2.18. The number of hydrogen-bond acceptors (Lipinski definition) is 3. The first-order chi connectivity index (χ1) is 6.63. The van der Waals surface area contributed by atoms with Gasteiger partial charge in [0.15, 0.2) is 0 Å². The minimum Gasteiger partial charge on any atom is -0.497 e. The molecule has 0 spiro atoms. The zero-order valence-corrected chi connectivity index (χ0v) is 7.57. The van der Waals surface area contributed by atoms with Crippen molar-refractivity contribution in [3.8, 4) is 17.6 Å². The van der Waals surface area contributed by atoms with Crippen LogP contribution in [0.2, 0.25) is 0 Å². The lowest BCUT2D eigenvalue weighted by Crippen LogP contribution is -1.93. The summed E-state index contributed by atoms with van der Waals surface area (Å²) in [5.41, 5.74) is 6.49. The van der Waals surface area contributed by atoms with Gasteiger partial charge in [-0.2, -0.15) is 0 Å². The fourth-order valence-electron chi connectivity index (χ4n) is 0.902. The van der Waals surface area contributed by atoms with Crippen LogP contribution in [-0.2, 0) is 4.79 Å². The summed E-state index contributed by atoms with van der Waals surface area (Å²) >= 11 is 0. The van der Waals surface area contributed by atoms with Crippen LogP contribution in [0.1, 0.15) is 5.56 Å². The Morgan fingerprint density at radius 1 is 1.57 bits per heavy atom. The molecular weight excluding hydrogens is 182 g/mol. The smallest absolute Gasteiger partial charge is 0.382 e. The number of carbonyl (C=O) groups is 1. The Bertz CT molecular complexity index is 415. The normalized spacial score (nSPS) is 8.64. The van der Waals surface area contributed by atoms with Crippen molar-refractivity contribution in [3.63, 3.8) is 0 Å². The minimum atomic E-state index is -1.18. The number of methoxy groups -OCH3 is 1. The van der Waals surface area contributed by atoms with Crippen LogP contribution in [0.3, 0.4) is 0 Å². The van der Waals surface area contributed by atoms with Gasteiger partial charge in [-0.3, -0.25) is 0 Å². The van der Waals surface area contributed by atoms with Crippen molar-refractivity contribution < 1.29 is 14.6 Å². The van der Waals surface area contributed by atoms with E-state index >= 15 is 0 Å². The molecule has 0 radical (unpaired) electrons. The van der Waals surface area contributed by atoms with E-state index in [0.29, 0.717) is 17.0 Å². The van der Waals surface area contributed by atoms with Gasteiger partial charge >= 0.3 is 5.97 Å². The van der Waals surface area contributed by atoms with Crippen LogP contribution >= 0.6 is 0 Å². The summed E-state index contributed by atoms with van der Waals surface area (Å²) in [7, 11) is 1.53. The molecule has 1 aromatic rings. The molecule has 14 heavy (non-hydrogen) atoms. The molecular formula is C10H9NO3. The fourth-order valence-corrected chi connectivity index (χ4v) is 0.902. The monoisotopic (exact) mass is 191 g/mol. The molecule has 3 N–H and O–H groups in total. The number of aliphatic carboxylic acids is 1. The standard InChI is InChI=1S/C10H9NO3/c1-14-8-4-2-7(9(11)6-8)3-5-10(12)13/h2,4,6H,11H2,1H3,(H,12,13). The molecule has 0 unspecified atom stereocenters. The number of carboxylic acids is 1. The second-order valence-corrected chi connectivity index (χ2v) is 2.51. The highest BCUT2D eigenvalue weighted by molar-refractivity contribution is 5.87. The van der Waals surface area contributed by atoms with Crippen molar-refractivity contribution in [2.75, 3.05) is 12.8 Å². The number of nitrogen functional groups attached to an aromatic ring is 1. The first kappa shape index (κ1) is 9.93. The van der Waals surface area contributed by atoms with Gasteiger partial charge in [0.2, 0.25) is 0 Å². The lowest BCUT2D eigenvalue weighted by atomic mass is 10.2. The van der Waals surface area contributed by atoms with E-state index in [2.05, 4.69) is 5.92 Å². The molecule has 0 aliphatic heterocycles. The molecule has 0 aromatic heterocycles. The molecule has 0 fully saturated rings. The van der Waals surface area contributed by atoms with Gasteiger partial charge in [-0.25, -0.2) is 4.79 Å². The predicted molar refractivity (Wildman–Crippen MR) is 51.9 cm³/mol. The van der Waals surface area contributed by atoms with Crippen LogP contribution in [0.4, 0.5) is 5.69 Å². The number of hydrogen-bond donors (Lipinski definition) is 2. The Hall–Kier alpha value is -2.15. The summed E-state index contributed by atoms with van der Waals surface area (Å²) < 4.78 is 4.93. The van der Waals surface area contributed by atoms with Crippen molar-refractivity contribution in [2.24, 2.45) is 0 Å². The van der Waals surface area contributed by atoms with Crippen molar-refractivity contribution in [1.82, 2.24) is 0 Å². The van der Waals surface area contributed by atoms with Crippen LogP contribution in [0, 0.1) is 11.8 Å². The topological polar surface area (TPSA) is 72.5 Å². The van der Waals surface area contributed by atoms with Gasteiger partial charge in [-0.15, -0.1) is 0 Å². The van der Waals surface area contributed by atoms with E-state index in [1.165, 1.54) is 7.11 Å². The zero-order valence-electron chi connectivity index (χ0n) is 7.57. The summed E-state index contributed by atoms with van der Waals surface area (Å²) in [4.78, 5) is 10.2. The fraction of sp³-hybridized carbons (Fsp3) is 0.100. The SMILES string of the molecule is COc1ccc(C#CC(=O)O)c(N)c1. The largest absolute Gasteiger partial charge is 0.497 e. The molecule has 1 rings (SSSR count). The first-order valence-corrected chi connectivity index (χ1v) is 3.82. The van der Waals surface area contributed by atoms with E-state index in [4.69, 9.17) is 15.6 Å². The molecule has 0 saturated heterocycles. The van der Waals surface area contributed by atoms with Gasteiger partial charge in [0, 0.05) is 17.6 Å². The summed E-state index contributed by atoms with van der Waals surface area (Å²) in [5, 5.41) is 8.33. The molecule has 0 aliphatic carbocycles. The Labute approximate surface area is 81.3 Å². The van der Waals surface area contributed by atoms with Crippen LogP contribution in [0.5, 0.6) is 5.75 Å². The first-order valence-electron chi connectivity index (χ1n) is 3.82. The number of benzene rings is 1. The van der Waals surface area contributed by atoms with E-state index in [0.717, 1.165) is 0 Å². The highest BCUT2D eigenvalue weighted by atomic mass is 16.5. The van der Waals surface area contributed by atoms with Crippen LogP contribution < -0.4 is 10.5 Å². The van der Waals surface area contributed by atoms with Crippen LogP contribution in [-0.4, -0.2) is 18.2 Å². The van der Waals surface area contributed by atoms with E-state index in [9.17, 15) is 4.79 Å². The van der Waals surface area contributed by atoms with Crippen LogP contribution in [0.15, 0.2) is 18.2 Å². The maximum Gasteiger partial charge on any atom is 0.382 e. The van der Waals surface area contributed by atoms with Gasteiger partial charge in [0.05, 0.1) is 12.8 Å². The molecule has 0 amide bonds. The minimum absolute atomic E-state index is 0.401. The Morgan fingerprint density at radius 3 is 2.79 bits per heavy atom. The summed E-state index contributed by atoms with van der Waals surface area (Å²) in [5.74, 6) is 3.85. The molecule has 72 valence electrons.